The zero-order valence-electron chi connectivity index (χ0n) is 7.08. The fourth-order valence-electron chi connectivity index (χ4n) is 1.05. The molecule has 0 atom stereocenters. The molecule has 1 rings (SSSR count). The lowest BCUT2D eigenvalue weighted by Gasteiger charge is -2.03. The molecule has 2 nitrogen and oxygen atoms in total. The van der Waals surface area contributed by atoms with E-state index < -0.39 is 0 Å². The normalized spacial score (nSPS) is 10.4. The van der Waals surface area contributed by atoms with Gasteiger partial charge in [-0.2, -0.15) is 11.8 Å². The molecule has 0 radical (unpaired) electrons. The van der Waals surface area contributed by atoms with E-state index >= 15 is 0 Å². The third-order valence-electron chi connectivity index (χ3n) is 1.65. The highest BCUT2D eigenvalue weighted by molar-refractivity contribution is 7.98. The third kappa shape index (κ3) is 2.26. The van der Waals surface area contributed by atoms with Crippen LogP contribution in [0.2, 0.25) is 0 Å². The molecule has 0 fully saturated rings. The summed E-state index contributed by atoms with van der Waals surface area (Å²) in [5.41, 5.74) is 0. The first-order valence-electron chi connectivity index (χ1n) is 3.87. The maximum atomic E-state index is 4.24. The number of aromatic nitrogens is 2. The summed E-state index contributed by atoms with van der Waals surface area (Å²) in [7, 11) is 0. The molecule has 0 N–H and O–H groups in total. The van der Waals surface area contributed by atoms with Gasteiger partial charge in [0.2, 0.25) is 0 Å². The second-order valence-electron chi connectivity index (χ2n) is 2.38. The molecule has 62 valence electrons. The van der Waals surface area contributed by atoms with Gasteiger partial charge < -0.3 is 4.57 Å². The summed E-state index contributed by atoms with van der Waals surface area (Å²) in [6.07, 6.45) is 7.08. The SMILES string of the molecule is CCc1nccn1CCSC. The highest BCUT2D eigenvalue weighted by atomic mass is 32.2. The molecule has 0 aliphatic carbocycles. The highest BCUT2D eigenvalue weighted by Crippen LogP contribution is 2.01. The second-order valence-corrected chi connectivity index (χ2v) is 3.37. The van der Waals surface area contributed by atoms with Crippen molar-refractivity contribution in [3.8, 4) is 0 Å². The molecule has 3 heteroatoms. The number of hydrogen-bond donors (Lipinski definition) is 0. The number of imidazole rings is 1. The van der Waals surface area contributed by atoms with Crippen LogP contribution in [-0.4, -0.2) is 21.6 Å². The van der Waals surface area contributed by atoms with E-state index in [1.54, 1.807) is 0 Å². The summed E-state index contributed by atoms with van der Waals surface area (Å²) in [5.74, 6) is 2.36. The Morgan fingerprint density at radius 3 is 3.09 bits per heavy atom. The van der Waals surface area contributed by atoms with Crippen molar-refractivity contribution in [3.63, 3.8) is 0 Å². The molecule has 0 aliphatic heterocycles. The molecule has 0 saturated carbocycles. The van der Waals surface area contributed by atoms with Crippen molar-refractivity contribution in [2.75, 3.05) is 12.0 Å². The minimum Gasteiger partial charge on any atom is -0.334 e. The molecule has 0 aromatic carbocycles. The topological polar surface area (TPSA) is 17.8 Å². The van der Waals surface area contributed by atoms with Crippen molar-refractivity contribution >= 4 is 11.8 Å². The van der Waals surface area contributed by atoms with Crippen molar-refractivity contribution in [3.05, 3.63) is 18.2 Å². The predicted octanol–water partition coefficient (Wildman–Crippen LogP) is 1.81. The van der Waals surface area contributed by atoms with Gasteiger partial charge in [0.05, 0.1) is 0 Å². The molecule has 0 unspecified atom stereocenters. The summed E-state index contributed by atoms with van der Waals surface area (Å²) in [6.45, 7) is 3.22. The van der Waals surface area contributed by atoms with Crippen molar-refractivity contribution in [1.29, 1.82) is 0 Å². The molecule has 0 spiro atoms. The van der Waals surface area contributed by atoms with Crippen molar-refractivity contribution in [2.24, 2.45) is 0 Å². The lowest BCUT2D eigenvalue weighted by atomic mass is 10.4. The maximum absolute atomic E-state index is 4.24. The van der Waals surface area contributed by atoms with E-state index in [1.165, 1.54) is 11.6 Å². The lowest BCUT2D eigenvalue weighted by molar-refractivity contribution is 0.712. The van der Waals surface area contributed by atoms with Crippen molar-refractivity contribution in [1.82, 2.24) is 9.55 Å². The Balaban J connectivity index is 2.54. The van der Waals surface area contributed by atoms with Gasteiger partial charge in [0.1, 0.15) is 5.82 Å². The van der Waals surface area contributed by atoms with Crippen LogP contribution in [0.25, 0.3) is 0 Å². The van der Waals surface area contributed by atoms with Crippen LogP contribution in [0.5, 0.6) is 0 Å². The predicted molar refractivity (Wildman–Crippen MR) is 50.0 cm³/mol. The van der Waals surface area contributed by atoms with Crippen molar-refractivity contribution in [2.45, 2.75) is 19.9 Å². The van der Waals surface area contributed by atoms with Crippen LogP contribution in [0.4, 0.5) is 0 Å². The Morgan fingerprint density at radius 1 is 1.64 bits per heavy atom. The average Bonchev–Trinajstić information content (AvgIpc) is 2.47. The van der Waals surface area contributed by atoms with Gasteiger partial charge in [0, 0.05) is 31.1 Å². The van der Waals surface area contributed by atoms with Crippen LogP contribution < -0.4 is 0 Å². The number of hydrogen-bond acceptors (Lipinski definition) is 2. The lowest BCUT2D eigenvalue weighted by Crippen LogP contribution is -2.03. The maximum Gasteiger partial charge on any atom is 0.108 e. The molecule has 0 bridgehead atoms. The molecule has 1 heterocycles. The standard InChI is InChI=1S/C8H14N2S/c1-3-8-9-4-5-10(8)6-7-11-2/h4-5H,3,6-7H2,1-2H3. The first-order chi connectivity index (χ1) is 5.38. The summed E-state index contributed by atoms with van der Waals surface area (Å²) < 4.78 is 2.22. The fourth-order valence-corrected chi connectivity index (χ4v) is 1.43. The Labute approximate surface area is 72.0 Å². The first-order valence-corrected chi connectivity index (χ1v) is 5.26. The van der Waals surface area contributed by atoms with E-state index in [4.69, 9.17) is 0 Å². The van der Waals surface area contributed by atoms with Crippen LogP contribution in [0.3, 0.4) is 0 Å². The van der Waals surface area contributed by atoms with Gasteiger partial charge >= 0.3 is 0 Å². The summed E-state index contributed by atoms with van der Waals surface area (Å²) in [6, 6.07) is 0. The van der Waals surface area contributed by atoms with E-state index in [0.717, 1.165) is 13.0 Å². The molecule has 0 amide bonds. The van der Waals surface area contributed by atoms with Crippen LogP contribution in [-0.2, 0) is 13.0 Å². The van der Waals surface area contributed by atoms with Gasteiger partial charge in [-0.1, -0.05) is 6.92 Å². The van der Waals surface area contributed by atoms with Gasteiger partial charge in [0.25, 0.3) is 0 Å². The number of nitrogens with zero attached hydrogens (tertiary/aromatic N) is 2. The van der Waals surface area contributed by atoms with Crippen molar-refractivity contribution < 1.29 is 0 Å². The minimum atomic E-state index is 1.03. The smallest absolute Gasteiger partial charge is 0.108 e. The first kappa shape index (κ1) is 8.65. The Bertz CT molecular complexity index is 208. The monoisotopic (exact) mass is 170 g/mol. The van der Waals surface area contributed by atoms with Crippen LogP contribution in [0.1, 0.15) is 12.7 Å². The molecule has 0 saturated heterocycles. The molecule has 11 heavy (non-hydrogen) atoms. The van der Waals surface area contributed by atoms with Gasteiger partial charge in [0.15, 0.2) is 0 Å². The number of thioether (sulfide) groups is 1. The Morgan fingerprint density at radius 2 is 2.45 bits per heavy atom. The highest BCUT2D eigenvalue weighted by Gasteiger charge is 1.97. The van der Waals surface area contributed by atoms with Gasteiger partial charge in [-0.05, 0) is 6.26 Å². The number of rotatable bonds is 4. The Kier molecular flexibility index (Phi) is 3.49. The van der Waals surface area contributed by atoms with E-state index in [0.29, 0.717) is 0 Å². The molecular weight excluding hydrogens is 156 g/mol. The molecule has 1 aromatic heterocycles. The van der Waals surface area contributed by atoms with E-state index in [9.17, 15) is 0 Å². The molecule has 1 aromatic rings. The quantitative estimate of drug-likeness (QED) is 0.686. The zero-order chi connectivity index (χ0) is 8.10. The zero-order valence-corrected chi connectivity index (χ0v) is 7.90. The van der Waals surface area contributed by atoms with E-state index in [1.807, 2.05) is 18.0 Å². The summed E-state index contributed by atoms with van der Waals surface area (Å²) >= 11 is 1.87. The van der Waals surface area contributed by atoms with Crippen LogP contribution in [0, 0.1) is 0 Å². The van der Waals surface area contributed by atoms with Gasteiger partial charge in [-0.15, -0.1) is 0 Å². The molecule has 0 aliphatic rings. The van der Waals surface area contributed by atoms with E-state index in [2.05, 4.69) is 28.9 Å². The molecular formula is C8H14N2S. The largest absolute Gasteiger partial charge is 0.334 e. The minimum absolute atomic E-state index is 1.03. The summed E-state index contributed by atoms with van der Waals surface area (Å²) in [4.78, 5) is 4.24. The van der Waals surface area contributed by atoms with E-state index in [-0.39, 0.29) is 0 Å². The second kappa shape index (κ2) is 4.44. The fraction of sp³-hybridized carbons (Fsp3) is 0.625. The van der Waals surface area contributed by atoms with Crippen LogP contribution >= 0.6 is 11.8 Å². The van der Waals surface area contributed by atoms with Gasteiger partial charge in [-0.25, -0.2) is 4.98 Å². The number of aryl methyl sites for hydroxylation is 2. The summed E-state index contributed by atoms with van der Waals surface area (Å²) in [5, 5.41) is 0. The van der Waals surface area contributed by atoms with Gasteiger partial charge in [-0.3, -0.25) is 0 Å². The van der Waals surface area contributed by atoms with Crippen LogP contribution in [0.15, 0.2) is 12.4 Å². The Hall–Kier alpha value is -0.440. The average molecular weight is 170 g/mol. The third-order valence-corrected chi connectivity index (χ3v) is 2.25.